The van der Waals surface area contributed by atoms with Gasteiger partial charge in [-0.05, 0) is 24.3 Å². The highest BCUT2D eigenvalue weighted by atomic mass is 16.1. The number of fused-ring (bicyclic) bond motifs is 1. The summed E-state index contributed by atoms with van der Waals surface area (Å²) in [5, 5.41) is 15.4. The van der Waals surface area contributed by atoms with Crippen LogP contribution in [-0.2, 0) is 13.5 Å². The molecular weight excluding hydrogens is 318 g/mol. The van der Waals surface area contributed by atoms with Gasteiger partial charge in [-0.25, -0.2) is 0 Å². The van der Waals surface area contributed by atoms with Crippen LogP contribution < -0.4 is 5.32 Å². The number of amides is 1. The lowest BCUT2D eigenvalue weighted by molar-refractivity contribution is 0.0954. The van der Waals surface area contributed by atoms with E-state index in [9.17, 15) is 4.79 Å². The molecule has 0 atom stereocenters. The fourth-order valence-electron chi connectivity index (χ4n) is 2.82. The van der Waals surface area contributed by atoms with Crippen molar-refractivity contribution in [3.8, 4) is 5.82 Å². The minimum atomic E-state index is -0.161. The number of carbonyl (C=O) groups excluding carboxylic acids is 1. The molecule has 0 fully saturated rings. The van der Waals surface area contributed by atoms with Gasteiger partial charge in [0.1, 0.15) is 17.2 Å². The molecule has 0 aliphatic carbocycles. The fraction of sp³-hybridized carbons (Fsp3) is 0.176. The molecule has 1 N–H and O–H groups in total. The lowest BCUT2D eigenvalue weighted by Gasteiger charge is -2.08. The molecule has 0 saturated heterocycles. The molecule has 4 heterocycles. The molecule has 0 unspecified atom stereocenters. The molecule has 4 rings (SSSR count). The first-order chi connectivity index (χ1) is 12.2. The quantitative estimate of drug-likeness (QED) is 0.595. The van der Waals surface area contributed by atoms with Crippen molar-refractivity contribution in [2.45, 2.75) is 6.42 Å². The van der Waals surface area contributed by atoms with Crippen molar-refractivity contribution in [2.75, 3.05) is 6.54 Å². The number of carbonyl (C=O) groups is 1. The number of hydrogen-bond acceptors (Lipinski definition) is 4. The number of nitrogens with one attached hydrogen (secondary N) is 1. The molecule has 8 nitrogen and oxygen atoms in total. The van der Waals surface area contributed by atoms with Crippen LogP contribution in [0.5, 0.6) is 0 Å². The van der Waals surface area contributed by atoms with E-state index in [1.54, 1.807) is 10.9 Å². The third-order valence-electron chi connectivity index (χ3n) is 4.02. The van der Waals surface area contributed by atoms with Gasteiger partial charge in [0.15, 0.2) is 5.65 Å². The van der Waals surface area contributed by atoms with Gasteiger partial charge in [-0.2, -0.15) is 5.10 Å². The van der Waals surface area contributed by atoms with E-state index in [0.29, 0.717) is 18.5 Å². The summed E-state index contributed by atoms with van der Waals surface area (Å²) in [6.45, 7) is 0.467. The van der Waals surface area contributed by atoms with Crippen LogP contribution in [0.1, 0.15) is 16.2 Å². The van der Waals surface area contributed by atoms with Gasteiger partial charge in [0.2, 0.25) is 0 Å². The lowest BCUT2D eigenvalue weighted by Crippen LogP contribution is -2.27. The minimum absolute atomic E-state index is 0.161. The van der Waals surface area contributed by atoms with Crippen molar-refractivity contribution in [3.05, 3.63) is 66.5 Å². The second-order valence-electron chi connectivity index (χ2n) is 5.65. The van der Waals surface area contributed by atoms with Crippen LogP contribution in [0, 0.1) is 0 Å². The molecule has 0 radical (unpaired) electrons. The maximum Gasteiger partial charge on any atom is 0.256 e. The molecule has 8 heteroatoms. The highest BCUT2D eigenvalue weighted by Gasteiger charge is 2.17. The minimum Gasteiger partial charge on any atom is -0.351 e. The van der Waals surface area contributed by atoms with Crippen LogP contribution >= 0.6 is 0 Å². The van der Waals surface area contributed by atoms with Crippen molar-refractivity contribution in [3.63, 3.8) is 0 Å². The van der Waals surface area contributed by atoms with E-state index in [0.717, 1.165) is 17.3 Å². The normalized spacial score (nSPS) is 11.1. The monoisotopic (exact) mass is 335 g/mol. The van der Waals surface area contributed by atoms with Crippen molar-refractivity contribution >= 4 is 11.6 Å². The Morgan fingerprint density at radius 1 is 1.12 bits per heavy atom. The molecule has 0 aliphatic heterocycles. The van der Waals surface area contributed by atoms with E-state index in [4.69, 9.17) is 0 Å². The fourth-order valence-corrected chi connectivity index (χ4v) is 2.82. The second-order valence-corrected chi connectivity index (χ2v) is 5.65. The Labute approximate surface area is 143 Å². The summed E-state index contributed by atoms with van der Waals surface area (Å²) in [6.07, 6.45) is 7.86. The first kappa shape index (κ1) is 15.1. The summed E-state index contributed by atoms with van der Waals surface area (Å²) >= 11 is 0. The maximum atomic E-state index is 12.5. The molecular formula is C17H17N7O. The second kappa shape index (κ2) is 6.23. The van der Waals surface area contributed by atoms with Crippen LogP contribution in [0.2, 0.25) is 0 Å². The van der Waals surface area contributed by atoms with Gasteiger partial charge in [0, 0.05) is 38.6 Å². The number of nitrogens with zero attached hydrogens (tertiary/aromatic N) is 6. The van der Waals surface area contributed by atoms with Crippen molar-refractivity contribution in [2.24, 2.45) is 7.05 Å². The number of rotatable bonds is 5. The Kier molecular flexibility index (Phi) is 3.77. The summed E-state index contributed by atoms with van der Waals surface area (Å²) in [5.74, 6) is 1.38. The Balaban J connectivity index is 1.47. The molecule has 0 saturated carbocycles. The molecule has 0 spiro atoms. The number of hydrogen-bond donors (Lipinski definition) is 1. The van der Waals surface area contributed by atoms with Crippen LogP contribution in [0.15, 0.2) is 55.1 Å². The first-order valence-corrected chi connectivity index (χ1v) is 7.96. The molecule has 126 valence electrons. The Morgan fingerprint density at radius 2 is 1.92 bits per heavy atom. The SMILES string of the molecule is Cn1ncc(C(=O)NCCc2nnc3ccccn23)c1-n1cccc1. The Bertz CT molecular complexity index is 1010. The summed E-state index contributed by atoms with van der Waals surface area (Å²) in [5.41, 5.74) is 1.33. The van der Waals surface area contributed by atoms with Gasteiger partial charge in [-0.3, -0.25) is 13.9 Å². The predicted molar refractivity (Wildman–Crippen MR) is 91.6 cm³/mol. The lowest BCUT2D eigenvalue weighted by atomic mass is 10.3. The van der Waals surface area contributed by atoms with Gasteiger partial charge < -0.3 is 9.88 Å². The predicted octanol–water partition coefficient (Wildman–Crippen LogP) is 1.23. The zero-order chi connectivity index (χ0) is 17.2. The van der Waals surface area contributed by atoms with E-state index in [-0.39, 0.29) is 5.91 Å². The Hall–Kier alpha value is -3.42. The standard InChI is InChI=1S/C17H17N7O/c1-22-17(23-9-4-5-10-23)13(12-19-22)16(25)18-8-7-15-21-20-14-6-2-3-11-24(14)15/h2-6,9-12H,7-8H2,1H3,(H,18,25). The van der Waals surface area contributed by atoms with Gasteiger partial charge >= 0.3 is 0 Å². The highest BCUT2D eigenvalue weighted by Crippen LogP contribution is 2.13. The Morgan fingerprint density at radius 3 is 2.76 bits per heavy atom. The van der Waals surface area contributed by atoms with Crippen LogP contribution in [0.3, 0.4) is 0 Å². The van der Waals surface area contributed by atoms with Gasteiger partial charge in [0.25, 0.3) is 5.91 Å². The van der Waals surface area contributed by atoms with E-state index in [1.807, 2.05) is 64.9 Å². The third-order valence-corrected chi connectivity index (χ3v) is 4.02. The maximum absolute atomic E-state index is 12.5. The van der Waals surface area contributed by atoms with Gasteiger partial charge in [-0.15, -0.1) is 10.2 Å². The van der Waals surface area contributed by atoms with Crippen LogP contribution in [-0.4, -0.2) is 41.4 Å². The number of pyridine rings is 1. The molecule has 4 aromatic rings. The third kappa shape index (κ3) is 2.78. The van der Waals surface area contributed by atoms with E-state index < -0.39 is 0 Å². The summed E-state index contributed by atoms with van der Waals surface area (Å²) < 4.78 is 5.47. The zero-order valence-electron chi connectivity index (χ0n) is 13.7. The van der Waals surface area contributed by atoms with E-state index in [2.05, 4.69) is 20.6 Å². The summed E-state index contributed by atoms with van der Waals surface area (Å²) in [4.78, 5) is 12.5. The smallest absolute Gasteiger partial charge is 0.256 e. The molecule has 4 aromatic heterocycles. The van der Waals surface area contributed by atoms with E-state index >= 15 is 0 Å². The summed E-state index contributed by atoms with van der Waals surface area (Å²) in [6, 6.07) is 9.56. The van der Waals surface area contributed by atoms with Crippen molar-refractivity contribution in [1.82, 2.24) is 34.3 Å². The average molecular weight is 335 g/mol. The van der Waals surface area contributed by atoms with Crippen molar-refractivity contribution < 1.29 is 4.79 Å². The van der Waals surface area contributed by atoms with Gasteiger partial charge in [0.05, 0.1) is 6.20 Å². The highest BCUT2D eigenvalue weighted by molar-refractivity contribution is 5.97. The molecule has 1 amide bonds. The van der Waals surface area contributed by atoms with Crippen LogP contribution in [0.25, 0.3) is 11.5 Å². The van der Waals surface area contributed by atoms with Crippen molar-refractivity contribution in [1.29, 1.82) is 0 Å². The average Bonchev–Trinajstić information content (AvgIpc) is 3.34. The largest absolute Gasteiger partial charge is 0.351 e. The van der Waals surface area contributed by atoms with Gasteiger partial charge in [-0.1, -0.05) is 6.07 Å². The molecule has 0 aliphatic rings. The topological polar surface area (TPSA) is 82.0 Å². The number of aromatic nitrogens is 6. The molecule has 25 heavy (non-hydrogen) atoms. The first-order valence-electron chi connectivity index (χ1n) is 7.96. The molecule has 0 bridgehead atoms. The number of aryl methyl sites for hydroxylation is 1. The van der Waals surface area contributed by atoms with Crippen LogP contribution in [0.4, 0.5) is 0 Å². The summed E-state index contributed by atoms with van der Waals surface area (Å²) in [7, 11) is 1.81. The zero-order valence-corrected chi connectivity index (χ0v) is 13.7. The van der Waals surface area contributed by atoms with E-state index in [1.165, 1.54) is 0 Å². The molecule has 0 aromatic carbocycles.